The van der Waals surface area contributed by atoms with Crippen LogP contribution in [0.3, 0.4) is 0 Å². The molecular weight excluding hydrogens is 512 g/mol. The van der Waals surface area contributed by atoms with E-state index in [-0.39, 0.29) is 12.2 Å². The largest absolute Gasteiger partial charge is 0.493 e. The van der Waals surface area contributed by atoms with Crippen LogP contribution in [0.25, 0.3) is 12.2 Å². The van der Waals surface area contributed by atoms with E-state index in [1.165, 1.54) is 11.3 Å². The minimum Gasteiger partial charge on any atom is -0.493 e. The number of carbonyl (C=O) groups excluding carboxylic acids is 1. The number of carbonyl (C=O) groups is 1. The van der Waals surface area contributed by atoms with Crippen molar-refractivity contribution >= 4 is 29.5 Å². The van der Waals surface area contributed by atoms with Crippen LogP contribution >= 0.6 is 11.3 Å². The lowest BCUT2D eigenvalue weighted by Crippen LogP contribution is -2.39. The van der Waals surface area contributed by atoms with Gasteiger partial charge in [0.05, 0.1) is 42.2 Å². The highest BCUT2D eigenvalue weighted by Gasteiger charge is 2.33. The Bertz CT molecular complexity index is 1560. The first-order valence-corrected chi connectivity index (χ1v) is 13.9. The summed E-state index contributed by atoms with van der Waals surface area (Å²) in [7, 11) is 1.58. The highest BCUT2D eigenvalue weighted by molar-refractivity contribution is 7.07. The van der Waals surface area contributed by atoms with Crippen LogP contribution in [0.2, 0.25) is 0 Å². The van der Waals surface area contributed by atoms with Crippen molar-refractivity contribution in [2.75, 3.05) is 20.3 Å². The van der Waals surface area contributed by atoms with E-state index >= 15 is 0 Å². The molecule has 2 aromatic carbocycles. The lowest BCUT2D eigenvalue weighted by atomic mass is 9.95. The molecule has 3 aromatic rings. The number of esters is 1. The molecule has 2 heterocycles. The zero-order valence-electron chi connectivity index (χ0n) is 23.0. The number of benzene rings is 2. The molecule has 0 N–H and O–H groups in total. The van der Waals surface area contributed by atoms with Gasteiger partial charge < -0.3 is 14.2 Å². The molecule has 1 unspecified atom stereocenters. The molecular formula is C31H34N2O5S. The van der Waals surface area contributed by atoms with E-state index in [4.69, 9.17) is 14.2 Å². The van der Waals surface area contributed by atoms with Gasteiger partial charge >= 0.3 is 5.97 Å². The Kier molecular flexibility index (Phi) is 9.19. The molecule has 8 heteroatoms. The van der Waals surface area contributed by atoms with Crippen molar-refractivity contribution in [1.29, 1.82) is 0 Å². The summed E-state index contributed by atoms with van der Waals surface area (Å²) < 4.78 is 19.1. The van der Waals surface area contributed by atoms with E-state index < -0.39 is 12.0 Å². The molecule has 0 radical (unpaired) electrons. The summed E-state index contributed by atoms with van der Waals surface area (Å²) in [6, 6.07) is 14.6. The second-order valence-electron chi connectivity index (χ2n) is 9.54. The van der Waals surface area contributed by atoms with Gasteiger partial charge in [-0.05, 0) is 55.5 Å². The monoisotopic (exact) mass is 546 g/mol. The van der Waals surface area contributed by atoms with Gasteiger partial charge in [0.2, 0.25) is 0 Å². The third-order valence-corrected chi connectivity index (χ3v) is 7.31. The number of methoxy groups -OCH3 is 1. The fourth-order valence-electron chi connectivity index (χ4n) is 4.31. The summed E-state index contributed by atoms with van der Waals surface area (Å²) in [5.41, 5.74) is 2.34. The molecule has 1 aliphatic heterocycles. The fourth-order valence-corrected chi connectivity index (χ4v) is 5.31. The average Bonchev–Trinajstić information content (AvgIpc) is 3.23. The van der Waals surface area contributed by atoms with Crippen LogP contribution in [0.15, 0.2) is 75.7 Å². The summed E-state index contributed by atoms with van der Waals surface area (Å²) in [6.45, 7) is 8.58. The maximum absolute atomic E-state index is 13.7. The first kappa shape index (κ1) is 28.1. The van der Waals surface area contributed by atoms with Crippen LogP contribution in [-0.4, -0.2) is 30.9 Å². The van der Waals surface area contributed by atoms with E-state index in [9.17, 15) is 9.59 Å². The molecule has 204 valence electrons. The number of rotatable bonds is 10. The Hall–Kier alpha value is -3.91. The third-order valence-electron chi connectivity index (χ3n) is 6.31. The number of fused-ring (bicyclic) bond motifs is 1. The summed E-state index contributed by atoms with van der Waals surface area (Å²) in [5, 5.41) is 0. The van der Waals surface area contributed by atoms with Gasteiger partial charge in [-0.15, -0.1) is 0 Å². The number of hydrogen-bond acceptors (Lipinski definition) is 7. The van der Waals surface area contributed by atoms with E-state index in [1.807, 2.05) is 60.7 Å². The van der Waals surface area contributed by atoms with Gasteiger partial charge in [0, 0.05) is 0 Å². The first-order valence-electron chi connectivity index (χ1n) is 13.1. The number of nitrogens with zero attached hydrogens (tertiary/aromatic N) is 2. The molecule has 0 spiro atoms. The van der Waals surface area contributed by atoms with Crippen molar-refractivity contribution < 1.29 is 19.0 Å². The molecule has 1 aliphatic rings. The molecule has 1 aromatic heterocycles. The van der Waals surface area contributed by atoms with Gasteiger partial charge in [0.25, 0.3) is 5.56 Å². The lowest BCUT2D eigenvalue weighted by molar-refractivity contribution is -0.139. The van der Waals surface area contributed by atoms with Crippen molar-refractivity contribution in [3.8, 4) is 11.5 Å². The minimum atomic E-state index is -0.723. The number of hydrogen-bond donors (Lipinski definition) is 0. The smallest absolute Gasteiger partial charge is 0.338 e. The number of allylic oxidation sites excluding steroid dienone is 2. The quantitative estimate of drug-likeness (QED) is 0.338. The maximum Gasteiger partial charge on any atom is 0.338 e. The molecule has 0 aliphatic carbocycles. The van der Waals surface area contributed by atoms with Crippen LogP contribution in [-0.2, 0) is 9.53 Å². The van der Waals surface area contributed by atoms with Crippen molar-refractivity contribution in [2.45, 2.75) is 40.2 Å². The Morgan fingerprint density at radius 1 is 1.15 bits per heavy atom. The Balaban J connectivity index is 1.81. The maximum atomic E-state index is 13.7. The minimum absolute atomic E-state index is 0.211. The number of aromatic nitrogens is 1. The Morgan fingerprint density at radius 3 is 2.62 bits per heavy atom. The molecule has 1 atom stereocenters. The van der Waals surface area contributed by atoms with Crippen molar-refractivity contribution in [2.24, 2.45) is 10.9 Å². The molecule has 0 saturated heterocycles. The van der Waals surface area contributed by atoms with Crippen LogP contribution in [0.1, 0.15) is 51.3 Å². The first-order chi connectivity index (χ1) is 18.8. The lowest BCUT2D eigenvalue weighted by Gasteiger charge is -2.25. The summed E-state index contributed by atoms with van der Waals surface area (Å²) in [4.78, 5) is 32.0. The molecule has 0 amide bonds. The van der Waals surface area contributed by atoms with Gasteiger partial charge in [0.15, 0.2) is 16.3 Å². The van der Waals surface area contributed by atoms with Crippen LogP contribution < -0.4 is 24.4 Å². The van der Waals surface area contributed by atoms with E-state index in [2.05, 4.69) is 18.8 Å². The van der Waals surface area contributed by atoms with Crippen LogP contribution in [0.5, 0.6) is 11.5 Å². The highest BCUT2D eigenvalue weighted by atomic mass is 32.1. The van der Waals surface area contributed by atoms with Crippen molar-refractivity contribution in [3.63, 3.8) is 0 Å². The van der Waals surface area contributed by atoms with Crippen LogP contribution in [0, 0.1) is 5.92 Å². The average molecular weight is 547 g/mol. The topological polar surface area (TPSA) is 79.1 Å². The summed E-state index contributed by atoms with van der Waals surface area (Å²) >= 11 is 1.29. The molecule has 0 bridgehead atoms. The second-order valence-corrected chi connectivity index (χ2v) is 10.5. The van der Waals surface area contributed by atoms with Gasteiger partial charge in [0.1, 0.15) is 0 Å². The number of thiazole rings is 1. The zero-order chi connectivity index (χ0) is 27.9. The van der Waals surface area contributed by atoms with Gasteiger partial charge in [-0.2, -0.15) is 0 Å². The molecule has 39 heavy (non-hydrogen) atoms. The summed E-state index contributed by atoms with van der Waals surface area (Å²) in [6.07, 6.45) is 6.48. The number of ether oxygens (including phenoxy) is 3. The zero-order valence-corrected chi connectivity index (χ0v) is 23.8. The second kappa shape index (κ2) is 12.8. The Labute approximate surface area is 232 Å². The predicted octanol–water partition coefficient (Wildman–Crippen LogP) is 4.90. The SMILES string of the molecule is CCOC(=O)C1=C(C)N=c2s/c(=C\C=C\c3ccccc3)c(=O)n2C1c1ccc(OCCC(C)C)c(OC)c1. The normalized spacial score (nSPS) is 15.4. The van der Waals surface area contributed by atoms with Crippen LogP contribution in [0.4, 0.5) is 0 Å². The van der Waals surface area contributed by atoms with Gasteiger partial charge in [-0.3, -0.25) is 9.36 Å². The standard InChI is InChI=1S/C31H34N2O5S/c1-6-37-30(35)27-21(4)32-31-33(29(34)26(39-31)14-10-13-22-11-8-7-9-12-22)28(27)23-15-16-24(25(19-23)36-5)38-18-17-20(2)3/h7-16,19-20,28H,6,17-18H2,1-5H3/b13-10+,26-14-. The molecule has 0 saturated carbocycles. The Morgan fingerprint density at radius 2 is 1.92 bits per heavy atom. The predicted molar refractivity (Wildman–Crippen MR) is 155 cm³/mol. The van der Waals surface area contributed by atoms with E-state index in [0.29, 0.717) is 50.2 Å². The molecule has 7 nitrogen and oxygen atoms in total. The third kappa shape index (κ3) is 6.40. The van der Waals surface area contributed by atoms with E-state index in [0.717, 1.165) is 12.0 Å². The summed E-state index contributed by atoms with van der Waals surface area (Å²) in [5.74, 6) is 1.15. The van der Waals surface area contributed by atoms with E-state index in [1.54, 1.807) is 31.6 Å². The van der Waals surface area contributed by atoms with Crippen molar-refractivity contribution in [1.82, 2.24) is 4.57 Å². The molecule has 4 rings (SSSR count). The van der Waals surface area contributed by atoms with Gasteiger partial charge in [-0.25, -0.2) is 9.79 Å². The fraction of sp³-hybridized carbons (Fsp3) is 0.323. The van der Waals surface area contributed by atoms with Gasteiger partial charge in [-0.1, -0.05) is 73.7 Å². The van der Waals surface area contributed by atoms with Crippen molar-refractivity contribution in [3.05, 3.63) is 96.7 Å². The highest BCUT2D eigenvalue weighted by Crippen LogP contribution is 2.36. The molecule has 0 fully saturated rings.